The highest BCUT2D eigenvalue weighted by molar-refractivity contribution is 9.10. The number of nitrogens with one attached hydrogen (secondary N) is 1. The molecule has 5 heteroatoms. The minimum Gasteiger partial charge on any atom is -0.288 e. The molecule has 1 N–H and O–H groups in total. The van der Waals surface area contributed by atoms with Gasteiger partial charge in [0.2, 0.25) is 0 Å². The van der Waals surface area contributed by atoms with Gasteiger partial charge in [0, 0.05) is 19.7 Å². The number of H-pyrrole nitrogens is 1. The van der Waals surface area contributed by atoms with Crippen LogP contribution in [0.25, 0.3) is 21.5 Å². The molecule has 0 unspecified atom stereocenters. The zero-order valence-electron chi connectivity index (χ0n) is 9.54. The summed E-state index contributed by atoms with van der Waals surface area (Å²) >= 11 is 6.68. The summed E-state index contributed by atoms with van der Waals surface area (Å²) < 4.78 is 1.60. The maximum absolute atomic E-state index is 12.1. The molecule has 1 aromatic heterocycles. The molecule has 0 aliphatic heterocycles. The van der Waals surface area contributed by atoms with E-state index in [0.29, 0.717) is 10.8 Å². The SMILES string of the molecule is O=c1[nH]c(=O)c2cc(Br)ccc2c2ccc(Br)cc12. The van der Waals surface area contributed by atoms with E-state index in [9.17, 15) is 9.59 Å². The largest absolute Gasteiger partial charge is 0.288 e. The van der Waals surface area contributed by atoms with Crippen molar-refractivity contribution in [3.8, 4) is 0 Å². The van der Waals surface area contributed by atoms with Crippen molar-refractivity contribution >= 4 is 53.4 Å². The highest BCUT2D eigenvalue weighted by Gasteiger charge is 2.06. The summed E-state index contributed by atoms with van der Waals surface area (Å²) in [6.45, 7) is 0. The van der Waals surface area contributed by atoms with Gasteiger partial charge in [0.25, 0.3) is 11.1 Å². The molecule has 0 saturated carbocycles. The van der Waals surface area contributed by atoms with Gasteiger partial charge in [-0.15, -0.1) is 0 Å². The maximum Gasteiger partial charge on any atom is 0.258 e. The van der Waals surface area contributed by atoms with Crippen molar-refractivity contribution in [2.24, 2.45) is 0 Å². The number of aromatic nitrogens is 1. The van der Waals surface area contributed by atoms with Gasteiger partial charge in [-0.3, -0.25) is 14.6 Å². The first kappa shape index (κ1) is 12.6. The Morgan fingerprint density at radius 1 is 0.684 bits per heavy atom. The van der Waals surface area contributed by atoms with Crippen molar-refractivity contribution in [3.05, 3.63) is 66.1 Å². The van der Waals surface area contributed by atoms with Crippen molar-refractivity contribution in [2.75, 3.05) is 0 Å². The minimum absolute atomic E-state index is 0.381. The summed E-state index contributed by atoms with van der Waals surface area (Å²) in [4.78, 5) is 26.5. The summed E-state index contributed by atoms with van der Waals surface area (Å²) in [5.41, 5.74) is -0.762. The lowest BCUT2D eigenvalue weighted by atomic mass is 10.1. The van der Waals surface area contributed by atoms with Gasteiger partial charge in [-0.1, -0.05) is 44.0 Å². The van der Waals surface area contributed by atoms with Gasteiger partial charge >= 0.3 is 0 Å². The van der Waals surface area contributed by atoms with E-state index >= 15 is 0 Å². The Morgan fingerprint density at radius 2 is 1.11 bits per heavy atom. The number of aromatic amines is 1. The van der Waals surface area contributed by atoms with Crippen molar-refractivity contribution in [1.29, 1.82) is 0 Å². The predicted molar refractivity (Wildman–Crippen MR) is 83.7 cm³/mol. The molecule has 3 aromatic rings. The third-order valence-corrected chi connectivity index (χ3v) is 3.96. The van der Waals surface area contributed by atoms with E-state index in [1.54, 1.807) is 12.1 Å². The van der Waals surface area contributed by atoms with E-state index in [4.69, 9.17) is 0 Å². The monoisotopic (exact) mass is 379 g/mol. The first-order valence-corrected chi connectivity index (χ1v) is 7.10. The van der Waals surface area contributed by atoms with Crippen LogP contribution in [0.3, 0.4) is 0 Å². The van der Waals surface area contributed by atoms with Crippen LogP contribution in [-0.2, 0) is 0 Å². The van der Waals surface area contributed by atoms with Gasteiger partial charge in [-0.2, -0.15) is 0 Å². The zero-order chi connectivity index (χ0) is 13.6. The summed E-state index contributed by atoms with van der Waals surface area (Å²) in [7, 11) is 0. The highest BCUT2D eigenvalue weighted by Crippen LogP contribution is 2.24. The second-order valence-corrected chi connectivity index (χ2v) is 5.99. The molecule has 0 spiro atoms. The van der Waals surface area contributed by atoms with Crippen LogP contribution in [0.5, 0.6) is 0 Å². The highest BCUT2D eigenvalue weighted by atomic mass is 79.9. The van der Waals surface area contributed by atoms with Gasteiger partial charge < -0.3 is 0 Å². The van der Waals surface area contributed by atoms with Crippen molar-refractivity contribution in [1.82, 2.24) is 4.98 Å². The average Bonchev–Trinajstić information content (AvgIpc) is 2.47. The number of rotatable bonds is 0. The lowest BCUT2D eigenvalue weighted by Gasteiger charge is -1.98. The molecule has 0 aliphatic carbocycles. The molecule has 0 radical (unpaired) electrons. The van der Waals surface area contributed by atoms with E-state index in [1.165, 1.54) is 0 Å². The summed E-state index contributed by atoms with van der Waals surface area (Å²) in [5, 5.41) is 2.50. The number of halogens is 2. The van der Waals surface area contributed by atoms with E-state index in [1.807, 2.05) is 24.3 Å². The third-order valence-electron chi connectivity index (χ3n) is 2.97. The van der Waals surface area contributed by atoms with Crippen LogP contribution >= 0.6 is 31.9 Å². The van der Waals surface area contributed by atoms with Crippen molar-refractivity contribution < 1.29 is 0 Å². The average molecular weight is 381 g/mol. The molecular formula is C14H7Br2NO2. The van der Waals surface area contributed by atoms with Crippen LogP contribution in [0.1, 0.15) is 0 Å². The number of fused-ring (bicyclic) bond motifs is 3. The maximum atomic E-state index is 12.1. The quantitative estimate of drug-likeness (QED) is 0.648. The van der Waals surface area contributed by atoms with Crippen LogP contribution in [-0.4, -0.2) is 4.98 Å². The molecule has 1 heterocycles. The molecule has 0 amide bonds. The van der Waals surface area contributed by atoms with Crippen LogP contribution in [0.4, 0.5) is 0 Å². The van der Waals surface area contributed by atoms with E-state index < -0.39 is 0 Å². The number of benzene rings is 2. The molecule has 0 bridgehead atoms. The summed E-state index contributed by atoms with van der Waals surface area (Å²) in [6, 6.07) is 10.8. The van der Waals surface area contributed by atoms with Crippen LogP contribution < -0.4 is 11.1 Å². The standard InChI is InChI=1S/C14H7Br2NO2/c15-7-1-3-9-10-4-2-8(16)6-12(10)14(19)17-13(18)11(9)5-7/h1-6H,(H,17,18,19). The Morgan fingerprint density at radius 3 is 1.53 bits per heavy atom. The Labute approximate surface area is 124 Å². The Hall–Kier alpha value is -1.46. The molecule has 3 rings (SSSR count). The Bertz CT molecular complexity index is 856. The van der Waals surface area contributed by atoms with Gasteiger partial charge in [-0.05, 0) is 35.0 Å². The smallest absolute Gasteiger partial charge is 0.258 e. The molecule has 0 saturated heterocycles. The molecule has 19 heavy (non-hydrogen) atoms. The van der Waals surface area contributed by atoms with Crippen molar-refractivity contribution in [2.45, 2.75) is 0 Å². The molecule has 94 valence electrons. The van der Waals surface area contributed by atoms with Crippen LogP contribution in [0.15, 0.2) is 54.9 Å². The first-order valence-electron chi connectivity index (χ1n) is 5.51. The second-order valence-electron chi connectivity index (χ2n) is 4.16. The fourth-order valence-electron chi connectivity index (χ4n) is 2.12. The molecule has 0 atom stereocenters. The molecule has 0 fully saturated rings. The van der Waals surface area contributed by atoms with Gasteiger partial charge in [0.05, 0.1) is 0 Å². The van der Waals surface area contributed by atoms with Crippen molar-refractivity contribution in [3.63, 3.8) is 0 Å². The topological polar surface area (TPSA) is 49.9 Å². The van der Waals surface area contributed by atoms with Gasteiger partial charge in [-0.25, -0.2) is 0 Å². The second kappa shape index (κ2) is 4.58. The zero-order valence-corrected chi connectivity index (χ0v) is 12.7. The van der Waals surface area contributed by atoms with Gasteiger partial charge in [0.1, 0.15) is 0 Å². The summed E-state index contributed by atoms with van der Waals surface area (Å²) in [6.07, 6.45) is 0. The third kappa shape index (κ3) is 2.13. The van der Waals surface area contributed by atoms with E-state index in [0.717, 1.165) is 19.7 Å². The van der Waals surface area contributed by atoms with E-state index in [-0.39, 0.29) is 11.1 Å². The lowest BCUT2D eigenvalue weighted by Crippen LogP contribution is -2.13. The lowest BCUT2D eigenvalue weighted by molar-refractivity contribution is 1.23. The van der Waals surface area contributed by atoms with Crippen LogP contribution in [0, 0.1) is 0 Å². The molecule has 2 aromatic carbocycles. The fourth-order valence-corrected chi connectivity index (χ4v) is 2.84. The fraction of sp³-hybridized carbons (Fsp3) is 0. The number of hydrogen-bond acceptors (Lipinski definition) is 2. The molecule has 3 nitrogen and oxygen atoms in total. The Balaban J connectivity index is 2.75. The van der Waals surface area contributed by atoms with Crippen LogP contribution in [0.2, 0.25) is 0 Å². The minimum atomic E-state index is -0.381. The number of hydrogen-bond donors (Lipinski definition) is 1. The Kier molecular flexibility index (Phi) is 3.03. The first-order chi connectivity index (χ1) is 9.06. The normalized spacial score (nSPS) is 11.1. The summed E-state index contributed by atoms with van der Waals surface area (Å²) in [5.74, 6) is 0. The molecule has 0 aliphatic rings. The van der Waals surface area contributed by atoms with Gasteiger partial charge in [0.15, 0.2) is 0 Å². The molecular weight excluding hydrogens is 374 g/mol. The predicted octanol–water partition coefficient (Wildman–Crippen LogP) is 3.57. The van der Waals surface area contributed by atoms with E-state index in [2.05, 4.69) is 36.8 Å².